The largest absolute Gasteiger partial charge is 0.461 e. The number of benzene rings is 1. The van der Waals surface area contributed by atoms with E-state index < -0.39 is 11.6 Å². The maximum Gasteiger partial charge on any atom is 0.338 e. The van der Waals surface area contributed by atoms with Gasteiger partial charge in [0.2, 0.25) is 0 Å². The van der Waals surface area contributed by atoms with Crippen LogP contribution in [0, 0.1) is 20.8 Å². The van der Waals surface area contributed by atoms with Gasteiger partial charge in [0, 0.05) is 0 Å². The van der Waals surface area contributed by atoms with Gasteiger partial charge < -0.3 is 9.47 Å². The maximum absolute atomic E-state index is 12.0. The fourth-order valence-corrected chi connectivity index (χ4v) is 1.86. The summed E-state index contributed by atoms with van der Waals surface area (Å²) in [6, 6.07) is 3.61. The van der Waals surface area contributed by atoms with Crippen molar-refractivity contribution in [1.82, 2.24) is 0 Å². The van der Waals surface area contributed by atoms with Crippen molar-refractivity contribution >= 4 is 11.9 Å². The molecule has 0 bridgehead atoms. The van der Waals surface area contributed by atoms with Crippen molar-refractivity contribution in [2.45, 2.75) is 53.6 Å². The molecule has 0 saturated heterocycles. The topological polar surface area (TPSA) is 52.6 Å². The molecule has 1 rings (SSSR count). The molecular weight excluding hydrogens is 268 g/mol. The van der Waals surface area contributed by atoms with Crippen LogP contribution < -0.4 is 0 Å². The smallest absolute Gasteiger partial charge is 0.338 e. The molecule has 0 saturated carbocycles. The molecule has 1 aromatic rings. The second-order valence-electron chi connectivity index (χ2n) is 6.21. The van der Waals surface area contributed by atoms with Crippen LogP contribution in [0.4, 0.5) is 0 Å². The molecule has 0 atom stereocenters. The lowest BCUT2D eigenvalue weighted by Gasteiger charge is -2.19. The third-order valence-electron chi connectivity index (χ3n) is 3.12. The average Bonchev–Trinajstić information content (AvgIpc) is 2.32. The second kappa shape index (κ2) is 6.74. The SMILES string of the molecule is Cc1cc(C(=O)OCCC(=O)OC(C)(C)C)cc(C)c1C. The number of hydrogen-bond acceptors (Lipinski definition) is 4. The van der Waals surface area contributed by atoms with E-state index in [1.54, 1.807) is 32.9 Å². The first kappa shape index (κ1) is 17.2. The fraction of sp³-hybridized carbons (Fsp3) is 0.529. The zero-order valence-corrected chi connectivity index (χ0v) is 13.7. The summed E-state index contributed by atoms with van der Waals surface area (Å²) < 4.78 is 10.3. The highest BCUT2D eigenvalue weighted by molar-refractivity contribution is 5.90. The van der Waals surface area contributed by atoms with Crippen molar-refractivity contribution in [3.05, 3.63) is 34.4 Å². The van der Waals surface area contributed by atoms with Crippen LogP contribution in [0.3, 0.4) is 0 Å². The fourth-order valence-electron chi connectivity index (χ4n) is 1.86. The van der Waals surface area contributed by atoms with Crippen LogP contribution >= 0.6 is 0 Å². The van der Waals surface area contributed by atoms with E-state index in [4.69, 9.17) is 9.47 Å². The van der Waals surface area contributed by atoms with Gasteiger partial charge in [-0.25, -0.2) is 4.79 Å². The van der Waals surface area contributed by atoms with Gasteiger partial charge in [-0.15, -0.1) is 0 Å². The molecule has 0 fully saturated rings. The summed E-state index contributed by atoms with van der Waals surface area (Å²) in [5, 5.41) is 0. The van der Waals surface area contributed by atoms with Crippen LogP contribution in [0.2, 0.25) is 0 Å². The van der Waals surface area contributed by atoms with Crippen molar-refractivity contribution in [2.24, 2.45) is 0 Å². The van der Waals surface area contributed by atoms with E-state index >= 15 is 0 Å². The molecule has 116 valence electrons. The number of esters is 2. The zero-order chi connectivity index (χ0) is 16.2. The predicted molar refractivity (Wildman–Crippen MR) is 81.4 cm³/mol. The van der Waals surface area contributed by atoms with Crippen LogP contribution in [0.5, 0.6) is 0 Å². The molecule has 0 aliphatic rings. The van der Waals surface area contributed by atoms with Crippen molar-refractivity contribution < 1.29 is 19.1 Å². The van der Waals surface area contributed by atoms with Crippen LogP contribution in [0.25, 0.3) is 0 Å². The molecule has 0 aliphatic carbocycles. The molecule has 0 N–H and O–H groups in total. The molecule has 0 amide bonds. The van der Waals surface area contributed by atoms with Crippen molar-refractivity contribution in [3.8, 4) is 0 Å². The molecule has 4 heteroatoms. The monoisotopic (exact) mass is 292 g/mol. The first-order chi connectivity index (χ1) is 9.60. The number of carbonyl (C=O) groups is 2. The van der Waals surface area contributed by atoms with Gasteiger partial charge >= 0.3 is 11.9 Å². The van der Waals surface area contributed by atoms with E-state index in [1.165, 1.54) is 5.56 Å². The molecule has 1 aromatic carbocycles. The Hall–Kier alpha value is -1.84. The Balaban J connectivity index is 2.54. The average molecular weight is 292 g/mol. The van der Waals surface area contributed by atoms with E-state index in [-0.39, 0.29) is 19.0 Å². The normalized spacial score (nSPS) is 11.1. The van der Waals surface area contributed by atoms with E-state index in [0.29, 0.717) is 5.56 Å². The highest BCUT2D eigenvalue weighted by Crippen LogP contribution is 2.16. The third-order valence-corrected chi connectivity index (χ3v) is 3.12. The lowest BCUT2D eigenvalue weighted by atomic mass is 10.0. The van der Waals surface area contributed by atoms with Crippen molar-refractivity contribution in [2.75, 3.05) is 6.61 Å². The molecule has 21 heavy (non-hydrogen) atoms. The summed E-state index contributed by atoms with van der Waals surface area (Å²) in [4.78, 5) is 23.5. The van der Waals surface area contributed by atoms with Gasteiger partial charge in [-0.2, -0.15) is 0 Å². The Morgan fingerprint density at radius 2 is 1.57 bits per heavy atom. The van der Waals surface area contributed by atoms with Gasteiger partial charge in [0.1, 0.15) is 12.2 Å². The van der Waals surface area contributed by atoms with Crippen LogP contribution in [-0.2, 0) is 14.3 Å². The molecular formula is C17H24O4. The standard InChI is InChI=1S/C17H24O4/c1-11-9-14(10-12(2)13(11)3)16(19)20-8-7-15(18)21-17(4,5)6/h9-10H,7-8H2,1-6H3. The van der Waals surface area contributed by atoms with Gasteiger partial charge in [0.15, 0.2) is 0 Å². The molecule has 0 heterocycles. The van der Waals surface area contributed by atoms with E-state index in [2.05, 4.69) is 0 Å². The van der Waals surface area contributed by atoms with Crippen LogP contribution in [0.1, 0.15) is 54.2 Å². The van der Waals surface area contributed by atoms with E-state index in [9.17, 15) is 9.59 Å². The van der Waals surface area contributed by atoms with E-state index in [0.717, 1.165) is 11.1 Å². The molecule has 0 aromatic heterocycles. The predicted octanol–water partition coefficient (Wildman–Crippen LogP) is 3.50. The highest BCUT2D eigenvalue weighted by Gasteiger charge is 2.17. The minimum atomic E-state index is -0.522. The van der Waals surface area contributed by atoms with Crippen molar-refractivity contribution in [1.29, 1.82) is 0 Å². The Bertz CT molecular complexity index is 515. The summed E-state index contributed by atoms with van der Waals surface area (Å²) >= 11 is 0. The zero-order valence-electron chi connectivity index (χ0n) is 13.7. The minimum Gasteiger partial charge on any atom is -0.461 e. The summed E-state index contributed by atoms with van der Waals surface area (Å²) in [6.07, 6.45) is 0.0623. The summed E-state index contributed by atoms with van der Waals surface area (Å²) in [5.41, 5.74) is 3.26. The molecule has 0 radical (unpaired) electrons. The Labute approximate surface area is 126 Å². The van der Waals surface area contributed by atoms with Crippen molar-refractivity contribution in [3.63, 3.8) is 0 Å². The Kier molecular flexibility index (Phi) is 5.53. The molecule has 0 spiro atoms. The Morgan fingerprint density at radius 3 is 2.05 bits per heavy atom. The number of hydrogen-bond donors (Lipinski definition) is 0. The van der Waals surface area contributed by atoms with Crippen LogP contribution in [-0.4, -0.2) is 24.1 Å². The summed E-state index contributed by atoms with van der Waals surface area (Å²) in [6.45, 7) is 11.4. The highest BCUT2D eigenvalue weighted by atomic mass is 16.6. The quantitative estimate of drug-likeness (QED) is 0.797. The molecule has 0 unspecified atom stereocenters. The summed E-state index contributed by atoms with van der Waals surface area (Å²) in [5.74, 6) is -0.781. The lowest BCUT2D eigenvalue weighted by Crippen LogP contribution is -2.24. The Morgan fingerprint density at radius 1 is 1.05 bits per heavy atom. The molecule has 4 nitrogen and oxygen atoms in total. The number of rotatable bonds is 4. The van der Waals surface area contributed by atoms with Crippen LogP contribution in [0.15, 0.2) is 12.1 Å². The first-order valence-corrected chi connectivity index (χ1v) is 7.07. The molecule has 0 aliphatic heterocycles. The van der Waals surface area contributed by atoms with Gasteiger partial charge in [-0.3, -0.25) is 4.79 Å². The number of ether oxygens (including phenoxy) is 2. The van der Waals surface area contributed by atoms with E-state index in [1.807, 2.05) is 20.8 Å². The first-order valence-electron chi connectivity index (χ1n) is 7.07. The maximum atomic E-state index is 12.0. The lowest BCUT2D eigenvalue weighted by molar-refractivity contribution is -0.155. The van der Waals surface area contributed by atoms with Gasteiger partial charge in [-0.05, 0) is 70.4 Å². The minimum absolute atomic E-state index is 0.0275. The van der Waals surface area contributed by atoms with Gasteiger partial charge in [-0.1, -0.05) is 0 Å². The summed E-state index contributed by atoms with van der Waals surface area (Å²) in [7, 11) is 0. The number of carbonyl (C=O) groups excluding carboxylic acids is 2. The second-order valence-corrected chi connectivity index (χ2v) is 6.21. The van der Waals surface area contributed by atoms with Gasteiger partial charge in [0.05, 0.1) is 12.0 Å². The van der Waals surface area contributed by atoms with Gasteiger partial charge in [0.25, 0.3) is 0 Å². The third kappa shape index (κ3) is 5.58. The number of aryl methyl sites for hydroxylation is 2.